The van der Waals surface area contributed by atoms with Crippen molar-refractivity contribution < 1.29 is 18.6 Å². The maximum Gasteiger partial charge on any atom is 0.244 e. The van der Waals surface area contributed by atoms with E-state index in [-0.39, 0.29) is 22.9 Å². The van der Waals surface area contributed by atoms with Crippen LogP contribution in [-0.4, -0.2) is 25.2 Å². The molecule has 0 bridgehead atoms. The number of phenols is 2. The number of sulfonamides is 1. The topological polar surface area (TPSA) is 86.6 Å². The summed E-state index contributed by atoms with van der Waals surface area (Å²) in [7, 11) is -3.78. The average molecular weight is 335 g/mol. The number of hydrogen-bond acceptors (Lipinski definition) is 4. The zero-order chi connectivity index (χ0) is 17.0. The molecule has 0 aromatic heterocycles. The number of aromatic hydroxyl groups is 2. The van der Waals surface area contributed by atoms with Gasteiger partial charge in [-0.25, -0.2) is 13.1 Å². The van der Waals surface area contributed by atoms with E-state index in [2.05, 4.69) is 4.72 Å². The summed E-state index contributed by atoms with van der Waals surface area (Å²) in [5.41, 5.74) is 1.70. The van der Waals surface area contributed by atoms with Gasteiger partial charge in [0.1, 0.15) is 16.4 Å². The molecule has 0 radical (unpaired) electrons. The largest absolute Gasteiger partial charge is 0.508 e. The van der Waals surface area contributed by atoms with Crippen LogP contribution in [0, 0.1) is 0 Å². The highest BCUT2D eigenvalue weighted by Gasteiger charge is 2.17. The minimum atomic E-state index is -3.78. The molecular weight excluding hydrogens is 314 g/mol. The maximum absolute atomic E-state index is 12.1. The summed E-state index contributed by atoms with van der Waals surface area (Å²) in [6, 6.07) is 11.2. The molecule has 2 aromatic carbocycles. The quantitative estimate of drug-likeness (QED) is 0.757. The molecule has 2 aromatic rings. The lowest BCUT2D eigenvalue weighted by atomic mass is 10.00. The molecule has 124 valence electrons. The van der Waals surface area contributed by atoms with Crippen LogP contribution >= 0.6 is 0 Å². The Balaban J connectivity index is 2.04. The van der Waals surface area contributed by atoms with Gasteiger partial charge in [0.15, 0.2) is 0 Å². The highest BCUT2D eigenvalue weighted by atomic mass is 32.2. The van der Waals surface area contributed by atoms with Crippen molar-refractivity contribution in [3.63, 3.8) is 0 Å². The molecule has 0 heterocycles. The van der Waals surface area contributed by atoms with Gasteiger partial charge in [-0.3, -0.25) is 0 Å². The Bertz CT molecular complexity index is 785. The SMILES string of the molecule is CC(C)c1ccc(CCNS(=O)(=O)c2ccccc2O)c(O)c1. The second-order valence-corrected chi connectivity index (χ2v) is 7.39. The summed E-state index contributed by atoms with van der Waals surface area (Å²) < 4.78 is 26.7. The monoisotopic (exact) mass is 335 g/mol. The van der Waals surface area contributed by atoms with Gasteiger partial charge in [0.05, 0.1) is 0 Å². The minimum Gasteiger partial charge on any atom is -0.508 e. The summed E-state index contributed by atoms with van der Waals surface area (Å²) in [6.07, 6.45) is 0.358. The van der Waals surface area contributed by atoms with Crippen LogP contribution in [-0.2, 0) is 16.4 Å². The Kier molecular flexibility index (Phi) is 5.28. The lowest BCUT2D eigenvalue weighted by Gasteiger charge is -2.11. The molecule has 0 amide bonds. The standard InChI is InChI=1S/C17H21NO4S/c1-12(2)14-8-7-13(16(20)11-14)9-10-18-23(21,22)17-6-4-3-5-15(17)19/h3-8,11-12,18-20H,9-10H2,1-2H3. The zero-order valence-electron chi connectivity index (χ0n) is 13.2. The number of hydrogen-bond donors (Lipinski definition) is 3. The fraction of sp³-hybridized carbons (Fsp3) is 0.294. The molecule has 0 spiro atoms. The molecule has 0 aliphatic heterocycles. The first kappa shape index (κ1) is 17.3. The van der Waals surface area contributed by atoms with Crippen molar-refractivity contribution in [2.75, 3.05) is 6.54 Å². The lowest BCUT2D eigenvalue weighted by molar-refractivity contribution is 0.457. The van der Waals surface area contributed by atoms with E-state index in [0.29, 0.717) is 17.9 Å². The summed E-state index contributed by atoms with van der Waals surface area (Å²) in [6.45, 7) is 4.20. The molecule has 2 rings (SSSR count). The van der Waals surface area contributed by atoms with Crippen LogP contribution in [0.2, 0.25) is 0 Å². The third kappa shape index (κ3) is 4.24. The van der Waals surface area contributed by atoms with E-state index >= 15 is 0 Å². The predicted octanol–water partition coefficient (Wildman–Crippen LogP) is 2.74. The van der Waals surface area contributed by atoms with Gasteiger partial charge in [0.25, 0.3) is 0 Å². The van der Waals surface area contributed by atoms with Crippen molar-refractivity contribution >= 4 is 10.0 Å². The van der Waals surface area contributed by atoms with Crippen LogP contribution in [0.3, 0.4) is 0 Å². The van der Waals surface area contributed by atoms with Crippen LogP contribution in [0.1, 0.15) is 30.9 Å². The smallest absolute Gasteiger partial charge is 0.244 e. The summed E-state index contributed by atoms with van der Waals surface area (Å²) >= 11 is 0. The van der Waals surface area contributed by atoms with Crippen LogP contribution in [0.5, 0.6) is 11.5 Å². The van der Waals surface area contributed by atoms with Gasteiger partial charge in [0, 0.05) is 6.54 Å². The van der Waals surface area contributed by atoms with Crippen LogP contribution in [0.4, 0.5) is 0 Å². The van der Waals surface area contributed by atoms with Crippen LogP contribution in [0.25, 0.3) is 0 Å². The Morgan fingerprint density at radius 1 is 1.04 bits per heavy atom. The molecule has 0 saturated heterocycles. The first-order valence-corrected chi connectivity index (χ1v) is 8.89. The van der Waals surface area contributed by atoms with Crippen molar-refractivity contribution in [2.45, 2.75) is 31.1 Å². The molecule has 0 unspecified atom stereocenters. The van der Waals surface area contributed by atoms with Crippen molar-refractivity contribution in [1.29, 1.82) is 0 Å². The molecule has 0 fully saturated rings. The predicted molar refractivity (Wildman–Crippen MR) is 89.2 cm³/mol. The molecule has 6 heteroatoms. The second kappa shape index (κ2) is 7.02. The van der Waals surface area contributed by atoms with Gasteiger partial charge in [0.2, 0.25) is 10.0 Å². The van der Waals surface area contributed by atoms with E-state index in [4.69, 9.17) is 0 Å². The summed E-state index contributed by atoms with van der Waals surface area (Å²) in [4.78, 5) is -0.153. The fourth-order valence-corrected chi connectivity index (χ4v) is 3.36. The van der Waals surface area contributed by atoms with Gasteiger partial charge < -0.3 is 10.2 Å². The number of phenolic OH excluding ortho intramolecular Hbond substituents is 2. The third-order valence-corrected chi connectivity index (χ3v) is 5.13. The molecule has 0 aliphatic carbocycles. The van der Waals surface area contributed by atoms with Gasteiger partial charge >= 0.3 is 0 Å². The molecule has 0 aliphatic rings. The highest BCUT2D eigenvalue weighted by molar-refractivity contribution is 7.89. The van der Waals surface area contributed by atoms with Crippen molar-refractivity contribution in [2.24, 2.45) is 0 Å². The Morgan fingerprint density at radius 3 is 2.35 bits per heavy atom. The molecule has 0 atom stereocenters. The molecule has 3 N–H and O–H groups in total. The Hall–Kier alpha value is -2.05. The third-order valence-electron chi connectivity index (χ3n) is 3.62. The average Bonchev–Trinajstić information content (AvgIpc) is 2.48. The Morgan fingerprint density at radius 2 is 1.74 bits per heavy atom. The van der Waals surface area contributed by atoms with Crippen molar-refractivity contribution in [3.8, 4) is 11.5 Å². The van der Waals surface area contributed by atoms with Gasteiger partial charge in [-0.05, 0) is 41.7 Å². The first-order chi connectivity index (χ1) is 10.8. The van der Waals surface area contributed by atoms with Crippen molar-refractivity contribution in [1.82, 2.24) is 4.72 Å². The fourth-order valence-electron chi connectivity index (χ4n) is 2.23. The van der Waals surface area contributed by atoms with E-state index < -0.39 is 10.0 Å². The minimum absolute atomic E-state index is 0.130. The number of benzene rings is 2. The van der Waals surface area contributed by atoms with Gasteiger partial charge in [-0.2, -0.15) is 0 Å². The lowest BCUT2D eigenvalue weighted by Crippen LogP contribution is -2.26. The first-order valence-electron chi connectivity index (χ1n) is 7.40. The van der Waals surface area contributed by atoms with E-state index in [1.54, 1.807) is 24.3 Å². The number of rotatable bonds is 6. The Labute approximate surface area is 136 Å². The molecule has 5 nitrogen and oxygen atoms in total. The zero-order valence-corrected chi connectivity index (χ0v) is 14.0. The highest BCUT2D eigenvalue weighted by Crippen LogP contribution is 2.24. The number of nitrogens with one attached hydrogen (secondary N) is 1. The molecule has 23 heavy (non-hydrogen) atoms. The van der Waals surface area contributed by atoms with Crippen LogP contribution in [0.15, 0.2) is 47.4 Å². The summed E-state index contributed by atoms with van der Waals surface area (Å²) in [5, 5.41) is 19.6. The second-order valence-electron chi connectivity index (χ2n) is 5.66. The van der Waals surface area contributed by atoms with E-state index in [0.717, 1.165) is 5.56 Å². The molecule has 0 saturated carbocycles. The normalized spacial score (nSPS) is 11.8. The van der Waals surface area contributed by atoms with Crippen molar-refractivity contribution in [3.05, 3.63) is 53.6 Å². The van der Waals surface area contributed by atoms with Crippen LogP contribution < -0.4 is 4.72 Å². The molecular formula is C17H21NO4S. The van der Waals surface area contributed by atoms with E-state index in [1.165, 1.54) is 12.1 Å². The van der Waals surface area contributed by atoms with Gasteiger partial charge in [-0.15, -0.1) is 0 Å². The van der Waals surface area contributed by atoms with E-state index in [9.17, 15) is 18.6 Å². The number of para-hydroxylation sites is 1. The summed E-state index contributed by atoms with van der Waals surface area (Å²) in [5.74, 6) is 0.191. The van der Waals surface area contributed by atoms with Gasteiger partial charge in [-0.1, -0.05) is 38.1 Å². The maximum atomic E-state index is 12.1. The van der Waals surface area contributed by atoms with E-state index in [1.807, 2.05) is 19.9 Å².